The highest BCUT2D eigenvalue weighted by molar-refractivity contribution is 5.18. The summed E-state index contributed by atoms with van der Waals surface area (Å²) in [7, 11) is 0. The smallest absolute Gasteiger partial charge is 0.123 e. The zero-order chi connectivity index (χ0) is 15.2. The molecular weight excluding hydrogens is 269 g/mol. The number of nitrogens with one attached hydrogen (secondary N) is 1. The third-order valence-corrected chi connectivity index (χ3v) is 3.57. The van der Waals surface area contributed by atoms with E-state index in [0.717, 1.165) is 17.8 Å². The Morgan fingerprint density at radius 1 is 1.29 bits per heavy atom. The molecule has 0 bridgehead atoms. The van der Waals surface area contributed by atoms with Crippen molar-refractivity contribution in [3.8, 4) is 0 Å². The maximum absolute atomic E-state index is 12.9. The second-order valence-electron chi connectivity index (χ2n) is 5.22. The summed E-state index contributed by atoms with van der Waals surface area (Å²) < 4.78 is 14.8. The van der Waals surface area contributed by atoms with Crippen LogP contribution in [-0.4, -0.2) is 20.9 Å². The van der Waals surface area contributed by atoms with Gasteiger partial charge in [0.05, 0.1) is 11.8 Å². The van der Waals surface area contributed by atoms with Crippen molar-refractivity contribution in [3.05, 3.63) is 53.6 Å². The predicted molar refractivity (Wildman–Crippen MR) is 80.2 cm³/mol. The minimum atomic E-state index is -0.593. The highest BCUT2D eigenvalue weighted by Gasteiger charge is 2.13. The van der Waals surface area contributed by atoms with Crippen LogP contribution in [0, 0.1) is 5.82 Å². The van der Waals surface area contributed by atoms with Crippen molar-refractivity contribution >= 4 is 0 Å². The number of benzene rings is 1. The van der Waals surface area contributed by atoms with Crippen LogP contribution in [0.2, 0.25) is 0 Å². The zero-order valence-electron chi connectivity index (χ0n) is 12.5. The summed E-state index contributed by atoms with van der Waals surface area (Å²) in [6.07, 6.45) is 1.77. The second kappa shape index (κ2) is 7.33. The largest absolute Gasteiger partial charge is 0.388 e. The monoisotopic (exact) mass is 291 g/mol. The lowest BCUT2D eigenvalue weighted by molar-refractivity contribution is 0.153. The van der Waals surface area contributed by atoms with Gasteiger partial charge in [0.15, 0.2) is 0 Å². The Labute approximate surface area is 124 Å². The molecule has 2 unspecified atom stereocenters. The summed E-state index contributed by atoms with van der Waals surface area (Å²) in [6.45, 7) is 5.64. The number of hydrogen-bond acceptors (Lipinski definition) is 3. The van der Waals surface area contributed by atoms with E-state index in [1.807, 2.05) is 17.7 Å². The van der Waals surface area contributed by atoms with E-state index in [2.05, 4.69) is 17.3 Å². The van der Waals surface area contributed by atoms with Gasteiger partial charge in [-0.1, -0.05) is 12.1 Å². The summed E-state index contributed by atoms with van der Waals surface area (Å²) in [5.74, 6) is -0.287. The van der Waals surface area contributed by atoms with Gasteiger partial charge in [-0.15, -0.1) is 0 Å². The van der Waals surface area contributed by atoms with Gasteiger partial charge in [0.1, 0.15) is 5.82 Å². The van der Waals surface area contributed by atoms with Crippen LogP contribution in [0.4, 0.5) is 4.39 Å². The Bertz CT molecular complexity index is 553. The molecule has 21 heavy (non-hydrogen) atoms. The molecule has 0 aliphatic heterocycles. The molecule has 0 spiro atoms. The van der Waals surface area contributed by atoms with Crippen LogP contribution < -0.4 is 5.32 Å². The van der Waals surface area contributed by atoms with Gasteiger partial charge < -0.3 is 10.4 Å². The Kier molecular flexibility index (Phi) is 5.47. The highest BCUT2D eigenvalue weighted by Crippen LogP contribution is 2.18. The molecule has 0 amide bonds. The van der Waals surface area contributed by atoms with Gasteiger partial charge in [-0.3, -0.25) is 4.68 Å². The van der Waals surface area contributed by atoms with Crippen LogP contribution in [0.15, 0.2) is 36.5 Å². The van der Waals surface area contributed by atoms with Crippen LogP contribution in [-0.2, 0) is 13.1 Å². The van der Waals surface area contributed by atoms with Crippen molar-refractivity contribution < 1.29 is 9.50 Å². The fraction of sp³-hybridized carbons (Fsp3) is 0.438. The molecule has 2 N–H and O–H groups in total. The van der Waals surface area contributed by atoms with E-state index in [0.29, 0.717) is 13.0 Å². The molecule has 1 aromatic heterocycles. The van der Waals surface area contributed by atoms with Crippen molar-refractivity contribution in [1.82, 2.24) is 15.1 Å². The molecule has 1 heterocycles. The van der Waals surface area contributed by atoms with Crippen LogP contribution >= 0.6 is 0 Å². The lowest BCUT2D eigenvalue weighted by atomic mass is 10.0. The molecule has 0 fully saturated rings. The number of halogens is 1. The van der Waals surface area contributed by atoms with E-state index in [1.54, 1.807) is 18.3 Å². The molecular formula is C16H22FN3O. The van der Waals surface area contributed by atoms with Gasteiger partial charge in [-0.05, 0) is 44.0 Å². The first-order chi connectivity index (χ1) is 10.1. The van der Waals surface area contributed by atoms with Gasteiger partial charge in [-0.25, -0.2) is 4.39 Å². The number of hydrogen-bond donors (Lipinski definition) is 2. The van der Waals surface area contributed by atoms with Gasteiger partial charge in [0.2, 0.25) is 0 Å². The molecule has 0 saturated heterocycles. The molecule has 2 atom stereocenters. The van der Waals surface area contributed by atoms with E-state index in [-0.39, 0.29) is 11.9 Å². The van der Waals surface area contributed by atoms with Crippen LogP contribution in [0.1, 0.15) is 37.6 Å². The minimum Gasteiger partial charge on any atom is -0.388 e. The standard InChI is InChI=1S/C16H22FN3O/c1-3-20-15(8-9-19-20)11-18-12(2)10-16(21)13-4-6-14(17)7-5-13/h4-9,12,16,18,21H,3,10-11H2,1-2H3. The van der Waals surface area contributed by atoms with Gasteiger partial charge >= 0.3 is 0 Å². The topological polar surface area (TPSA) is 50.1 Å². The molecule has 1 aromatic carbocycles. The van der Waals surface area contributed by atoms with E-state index < -0.39 is 6.10 Å². The summed E-state index contributed by atoms with van der Waals surface area (Å²) in [5, 5.41) is 17.8. The molecule has 5 heteroatoms. The molecule has 2 rings (SSSR count). The van der Waals surface area contributed by atoms with E-state index in [9.17, 15) is 9.50 Å². The third-order valence-electron chi connectivity index (χ3n) is 3.57. The van der Waals surface area contributed by atoms with Gasteiger partial charge in [0.25, 0.3) is 0 Å². The molecule has 4 nitrogen and oxygen atoms in total. The van der Waals surface area contributed by atoms with E-state index in [1.165, 1.54) is 12.1 Å². The van der Waals surface area contributed by atoms with Gasteiger partial charge in [0, 0.05) is 25.3 Å². The number of aryl methyl sites for hydroxylation is 1. The summed E-state index contributed by atoms with van der Waals surface area (Å²) in [4.78, 5) is 0. The predicted octanol–water partition coefficient (Wildman–Crippen LogP) is 2.64. The molecule has 0 aliphatic rings. The lowest BCUT2D eigenvalue weighted by Gasteiger charge is -2.18. The molecule has 0 radical (unpaired) electrons. The first kappa shape index (κ1) is 15.7. The summed E-state index contributed by atoms with van der Waals surface area (Å²) in [5.41, 5.74) is 1.87. The fourth-order valence-corrected chi connectivity index (χ4v) is 2.31. The fourth-order valence-electron chi connectivity index (χ4n) is 2.31. The first-order valence-electron chi connectivity index (χ1n) is 7.27. The average Bonchev–Trinajstić information content (AvgIpc) is 2.93. The normalized spacial score (nSPS) is 14.1. The van der Waals surface area contributed by atoms with E-state index in [4.69, 9.17) is 0 Å². The number of rotatable bonds is 7. The minimum absolute atomic E-state index is 0.144. The molecule has 114 valence electrons. The molecule has 0 saturated carbocycles. The Hall–Kier alpha value is -1.72. The molecule has 2 aromatic rings. The van der Waals surface area contributed by atoms with Crippen molar-refractivity contribution in [3.63, 3.8) is 0 Å². The van der Waals surface area contributed by atoms with Gasteiger partial charge in [-0.2, -0.15) is 5.10 Å². The van der Waals surface area contributed by atoms with Crippen LogP contribution in [0.5, 0.6) is 0 Å². The average molecular weight is 291 g/mol. The quantitative estimate of drug-likeness (QED) is 0.824. The summed E-state index contributed by atoms with van der Waals surface area (Å²) >= 11 is 0. The summed E-state index contributed by atoms with van der Waals surface area (Å²) in [6, 6.07) is 8.12. The second-order valence-corrected chi connectivity index (χ2v) is 5.22. The Morgan fingerprint density at radius 3 is 2.67 bits per heavy atom. The number of aliphatic hydroxyl groups is 1. The van der Waals surface area contributed by atoms with E-state index >= 15 is 0 Å². The highest BCUT2D eigenvalue weighted by atomic mass is 19.1. The Morgan fingerprint density at radius 2 is 2.00 bits per heavy atom. The van der Waals surface area contributed by atoms with Crippen LogP contribution in [0.3, 0.4) is 0 Å². The number of aromatic nitrogens is 2. The van der Waals surface area contributed by atoms with Crippen molar-refractivity contribution in [2.45, 2.75) is 45.5 Å². The van der Waals surface area contributed by atoms with Crippen molar-refractivity contribution in [2.24, 2.45) is 0 Å². The molecule has 0 aliphatic carbocycles. The number of nitrogens with zero attached hydrogens (tertiary/aromatic N) is 2. The maximum Gasteiger partial charge on any atom is 0.123 e. The SMILES string of the molecule is CCn1nccc1CNC(C)CC(O)c1ccc(F)cc1. The first-order valence-corrected chi connectivity index (χ1v) is 7.27. The van der Waals surface area contributed by atoms with Crippen molar-refractivity contribution in [2.75, 3.05) is 0 Å². The maximum atomic E-state index is 12.9. The Balaban J connectivity index is 1.84. The third kappa shape index (κ3) is 4.37. The lowest BCUT2D eigenvalue weighted by Crippen LogP contribution is -2.28. The number of aliphatic hydroxyl groups excluding tert-OH is 1. The zero-order valence-corrected chi connectivity index (χ0v) is 12.5. The van der Waals surface area contributed by atoms with Crippen molar-refractivity contribution in [1.29, 1.82) is 0 Å². The van der Waals surface area contributed by atoms with Crippen LogP contribution in [0.25, 0.3) is 0 Å².